The molecular weight excluding hydrogens is 262 g/mol. The molecule has 1 heterocycles. The molecule has 3 rings (SSSR count). The van der Waals surface area contributed by atoms with Gasteiger partial charge in [-0.1, -0.05) is 39.0 Å². The predicted octanol–water partition coefficient (Wildman–Crippen LogP) is 4.69. The molecule has 0 spiro atoms. The van der Waals surface area contributed by atoms with Crippen LogP contribution in [0.3, 0.4) is 0 Å². The molecule has 0 amide bonds. The standard InChI is InChI=1S/C18H25NO2/c1-13-11-14(13)15-7-8-16(21-15)17(20)18(12-19)9-5-3-2-4-6-10-18/h7-8,13-14,17,20H,2-6,9-11H2,1H3. The summed E-state index contributed by atoms with van der Waals surface area (Å²) >= 11 is 0. The average molecular weight is 287 g/mol. The highest BCUT2D eigenvalue weighted by atomic mass is 16.4. The number of nitrogens with zero attached hydrogens (tertiary/aromatic N) is 1. The quantitative estimate of drug-likeness (QED) is 0.877. The predicted molar refractivity (Wildman–Crippen MR) is 80.6 cm³/mol. The Morgan fingerprint density at radius 1 is 1.24 bits per heavy atom. The molecule has 2 aliphatic rings. The van der Waals surface area contributed by atoms with Gasteiger partial charge < -0.3 is 9.52 Å². The van der Waals surface area contributed by atoms with Crippen LogP contribution in [0.15, 0.2) is 16.5 Å². The first kappa shape index (κ1) is 14.7. The molecule has 0 radical (unpaired) electrons. The minimum absolute atomic E-state index is 0.515. The van der Waals surface area contributed by atoms with Crippen molar-refractivity contribution in [2.45, 2.75) is 70.3 Å². The maximum atomic E-state index is 10.8. The van der Waals surface area contributed by atoms with Crippen molar-refractivity contribution < 1.29 is 9.52 Å². The first-order valence-electron chi connectivity index (χ1n) is 8.35. The lowest BCUT2D eigenvalue weighted by Gasteiger charge is -2.32. The number of nitriles is 1. The van der Waals surface area contributed by atoms with E-state index in [1.807, 2.05) is 12.1 Å². The first-order chi connectivity index (χ1) is 10.2. The Labute approximate surface area is 127 Å². The normalized spacial score (nSPS) is 30.0. The van der Waals surface area contributed by atoms with E-state index in [9.17, 15) is 10.4 Å². The fourth-order valence-corrected chi connectivity index (χ4v) is 3.69. The SMILES string of the molecule is CC1CC1c1ccc(C(O)C2(C#N)CCCCCCC2)o1. The van der Waals surface area contributed by atoms with Crippen molar-refractivity contribution in [1.82, 2.24) is 0 Å². The number of aliphatic hydroxyl groups excluding tert-OH is 1. The molecular formula is C18H25NO2. The van der Waals surface area contributed by atoms with Crippen molar-refractivity contribution >= 4 is 0 Å². The fourth-order valence-electron chi connectivity index (χ4n) is 3.69. The molecule has 1 aromatic heterocycles. The highest BCUT2D eigenvalue weighted by Crippen LogP contribution is 2.49. The van der Waals surface area contributed by atoms with Crippen LogP contribution in [0.5, 0.6) is 0 Å². The van der Waals surface area contributed by atoms with Crippen molar-refractivity contribution in [2.75, 3.05) is 0 Å². The molecule has 0 bridgehead atoms. The van der Waals surface area contributed by atoms with Gasteiger partial charge in [0.05, 0.1) is 11.5 Å². The molecule has 114 valence electrons. The number of rotatable bonds is 3. The summed E-state index contributed by atoms with van der Waals surface area (Å²) in [6, 6.07) is 6.30. The Balaban J connectivity index is 1.78. The Hall–Kier alpha value is -1.27. The highest BCUT2D eigenvalue weighted by molar-refractivity contribution is 5.21. The van der Waals surface area contributed by atoms with E-state index < -0.39 is 11.5 Å². The van der Waals surface area contributed by atoms with E-state index in [2.05, 4.69) is 13.0 Å². The second-order valence-electron chi connectivity index (χ2n) is 7.00. The Morgan fingerprint density at radius 2 is 1.86 bits per heavy atom. The van der Waals surface area contributed by atoms with E-state index in [4.69, 9.17) is 4.42 Å². The van der Waals surface area contributed by atoms with Crippen LogP contribution >= 0.6 is 0 Å². The van der Waals surface area contributed by atoms with E-state index in [-0.39, 0.29) is 0 Å². The monoisotopic (exact) mass is 287 g/mol. The number of furan rings is 1. The van der Waals surface area contributed by atoms with Gasteiger partial charge in [-0.05, 0) is 37.3 Å². The van der Waals surface area contributed by atoms with Gasteiger partial charge in [-0.25, -0.2) is 0 Å². The zero-order valence-corrected chi connectivity index (χ0v) is 12.8. The topological polar surface area (TPSA) is 57.2 Å². The minimum atomic E-state index is -0.789. The number of hydrogen-bond donors (Lipinski definition) is 1. The highest BCUT2D eigenvalue weighted by Gasteiger charge is 2.42. The summed E-state index contributed by atoms with van der Waals surface area (Å²) in [6.07, 6.45) is 7.58. The van der Waals surface area contributed by atoms with Crippen LogP contribution < -0.4 is 0 Å². The van der Waals surface area contributed by atoms with Gasteiger partial charge in [0, 0.05) is 5.92 Å². The van der Waals surface area contributed by atoms with Crippen LogP contribution in [-0.4, -0.2) is 5.11 Å². The van der Waals surface area contributed by atoms with Crippen molar-refractivity contribution in [3.8, 4) is 6.07 Å². The summed E-state index contributed by atoms with van der Waals surface area (Å²) in [5.41, 5.74) is -0.662. The minimum Gasteiger partial charge on any atom is -0.463 e. The average Bonchev–Trinajstić information content (AvgIpc) is 3.01. The van der Waals surface area contributed by atoms with Gasteiger partial charge in [-0.2, -0.15) is 5.26 Å². The zero-order chi connectivity index (χ0) is 14.9. The third-order valence-corrected chi connectivity index (χ3v) is 5.38. The van der Waals surface area contributed by atoms with Gasteiger partial charge in [0.15, 0.2) is 0 Å². The van der Waals surface area contributed by atoms with Gasteiger partial charge in [-0.3, -0.25) is 0 Å². The maximum Gasteiger partial charge on any atom is 0.134 e. The Morgan fingerprint density at radius 3 is 2.43 bits per heavy atom. The molecule has 1 N–H and O–H groups in total. The van der Waals surface area contributed by atoms with Crippen LogP contribution in [0.4, 0.5) is 0 Å². The van der Waals surface area contributed by atoms with E-state index in [0.29, 0.717) is 17.6 Å². The molecule has 3 atom stereocenters. The second kappa shape index (κ2) is 5.85. The molecule has 2 fully saturated rings. The molecule has 3 unspecified atom stereocenters. The van der Waals surface area contributed by atoms with E-state index in [1.54, 1.807) is 0 Å². The summed E-state index contributed by atoms with van der Waals surface area (Å²) in [6.45, 7) is 2.22. The largest absolute Gasteiger partial charge is 0.463 e. The third-order valence-electron chi connectivity index (χ3n) is 5.38. The van der Waals surface area contributed by atoms with Crippen LogP contribution in [0.25, 0.3) is 0 Å². The molecule has 1 aromatic rings. The van der Waals surface area contributed by atoms with Crippen LogP contribution in [0, 0.1) is 22.7 Å². The lowest BCUT2D eigenvalue weighted by atomic mass is 9.72. The van der Waals surface area contributed by atoms with Gasteiger partial charge in [-0.15, -0.1) is 0 Å². The molecule has 21 heavy (non-hydrogen) atoms. The van der Waals surface area contributed by atoms with Crippen LogP contribution in [0.2, 0.25) is 0 Å². The summed E-state index contributed by atoms with van der Waals surface area (Å²) in [7, 11) is 0. The smallest absolute Gasteiger partial charge is 0.134 e. The van der Waals surface area contributed by atoms with E-state index in [1.165, 1.54) is 25.7 Å². The lowest BCUT2D eigenvalue weighted by molar-refractivity contribution is 0.0257. The van der Waals surface area contributed by atoms with Gasteiger partial charge in [0.25, 0.3) is 0 Å². The molecule has 2 aliphatic carbocycles. The summed E-state index contributed by atoms with van der Waals surface area (Å²) in [5, 5.41) is 20.5. The Bertz CT molecular complexity index is 520. The second-order valence-corrected chi connectivity index (χ2v) is 7.00. The number of aliphatic hydroxyl groups is 1. The molecule has 0 aromatic carbocycles. The Kier molecular flexibility index (Phi) is 4.08. The molecule has 0 saturated heterocycles. The van der Waals surface area contributed by atoms with Crippen molar-refractivity contribution in [2.24, 2.45) is 11.3 Å². The molecule has 3 nitrogen and oxygen atoms in total. The van der Waals surface area contributed by atoms with Crippen LogP contribution in [-0.2, 0) is 0 Å². The number of hydrogen-bond acceptors (Lipinski definition) is 3. The van der Waals surface area contributed by atoms with Crippen molar-refractivity contribution in [3.05, 3.63) is 23.7 Å². The summed E-state index contributed by atoms with van der Waals surface area (Å²) < 4.78 is 5.89. The van der Waals surface area contributed by atoms with Gasteiger partial charge in [0.1, 0.15) is 17.6 Å². The van der Waals surface area contributed by atoms with Gasteiger partial charge in [0.2, 0.25) is 0 Å². The third kappa shape index (κ3) is 2.87. The maximum absolute atomic E-state index is 10.8. The molecule has 2 saturated carbocycles. The van der Waals surface area contributed by atoms with E-state index >= 15 is 0 Å². The first-order valence-corrected chi connectivity index (χ1v) is 8.35. The summed E-state index contributed by atoms with van der Waals surface area (Å²) in [4.78, 5) is 0. The zero-order valence-electron chi connectivity index (χ0n) is 12.8. The van der Waals surface area contributed by atoms with Crippen molar-refractivity contribution in [3.63, 3.8) is 0 Å². The summed E-state index contributed by atoms with van der Waals surface area (Å²) in [5.74, 6) is 2.77. The fraction of sp³-hybridized carbons (Fsp3) is 0.722. The lowest BCUT2D eigenvalue weighted by Crippen LogP contribution is -2.28. The van der Waals surface area contributed by atoms with Crippen LogP contribution in [0.1, 0.15) is 81.8 Å². The molecule has 3 heteroatoms. The van der Waals surface area contributed by atoms with Gasteiger partial charge >= 0.3 is 0 Å². The van der Waals surface area contributed by atoms with Crippen molar-refractivity contribution in [1.29, 1.82) is 5.26 Å². The van der Waals surface area contributed by atoms with E-state index in [0.717, 1.165) is 31.4 Å². The molecule has 0 aliphatic heterocycles.